The van der Waals surface area contributed by atoms with Crippen LogP contribution in [0.1, 0.15) is 37.8 Å². The van der Waals surface area contributed by atoms with Crippen LogP contribution in [-0.2, 0) is 11.3 Å². The zero-order valence-electron chi connectivity index (χ0n) is 16.1. The summed E-state index contributed by atoms with van der Waals surface area (Å²) < 4.78 is 0. The van der Waals surface area contributed by atoms with Crippen LogP contribution in [0.3, 0.4) is 0 Å². The molecule has 0 saturated carbocycles. The van der Waals surface area contributed by atoms with Gasteiger partial charge in [0.2, 0.25) is 5.91 Å². The Hall–Kier alpha value is -2.82. The number of benzene rings is 2. The molecule has 27 heavy (non-hydrogen) atoms. The highest BCUT2D eigenvalue weighted by Crippen LogP contribution is 2.24. The monoisotopic (exact) mass is 365 g/mol. The number of anilines is 2. The van der Waals surface area contributed by atoms with Gasteiger partial charge in [-0.1, -0.05) is 12.1 Å². The lowest BCUT2D eigenvalue weighted by molar-refractivity contribution is -0.117. The van der Waals surface area contributed by atoms with Gasteiger partial charge in [0.1, 0.15) is 5.75 Å². The fourth-order valence-electron chi connectivity index (χ4n) is 3.38. The zero-order chi connectivity index (χ0) is 19.2. The predicted molar refractivity (Wildman–Crippen MR) is 111 cm³/mol. The molecule has 2 aromatic carbocycles. The van der Waals surface area contributed by atoms with Crippen molar-refractivity contribution < 1.29 is 9.90 Å². The standard InChI is InChI=1S/C22H27N3O2/c1-3-24(4-2)20-12-9-18(21(26)14-20)16-23-15-17-7-10-19(11-8-17)25-13-5-6-22(25)27/h7-12,14,16,26H,3-6,13,15H2,1-2H3. The molecular formula is C22H27N3O2. The molecular weight excluding hydrogens is 338 g/mol. The number of phenolic OH excluding ortho intramolecular Hbond substituents is 1. The summed E-state index contributed by atoms with van der Waals surface area (Å²) in [4.78, 5) is 20.3. The van der Waals surface area contributed by atoms with E-state index in [2.05, 4.69) is 23.7 Å². The third kappa shape index (κ3) is 4.48. The summed E-state index contributed by atoms with van der Waals surface area (Å²) in [5, 5.41) is 10.3. The van der Waals surface area contributed by atoms with Crippen molar-refractivity contribution in [3.63, 3.8) is 0 Å². The molecule has 0 radical (unpaired) electrons. The van der Waals surface area contributed by atoms with Crippen LogP contribution in [0.25, 0.3) is 0 Å². The molecule has 142 valence electrons. The Kier molecular flexibility index (Phi) is 6.12. The van der Waals surface area contributed by atoms with Crippen LogP contribution >= 0.6 is 0 Å². The van der Waals surface area contributed by atoms with Crippen LogP contribution in [0.15, 0.2) is 47.5 Å². The molecule has 1 amide bonds. The van der Waals surface area contributed by atoms with Crippen LogP contribution in [0, 0.1) is 0 Å². The van der Waals surface area contributed by atoms with E-state index in [0.717, 1.165) is 43.0 Å². The van der Waals surface area contributed by atoms with Crippen LogP contribution in [0.5, 0.6) is 5.75 Å². The molecule has 0 aliphatic carbocycles. The van der Waals surface area contributed by atoms with E-state index in [0.29, 0.717) is 18.5 Å². The second kappa shape index (κ2) is 8.71. The summed E-state index contributed by atoms with van der Waals surface area (Å²) in [6.07, 6.45) is 3.28. The first-order valence-electron chi connectivity index (χ1n) is 9.59. The number of hydrogen-bond acceptors (Lipinski definition) is 4. The van der Waals surface area contributed by atoms with Crippen LogP contribution < -0.4 is 9.80 Å². The van der Waals surface area contributed by atoms with Crippen molar-refractivity contribution in [3.05, 3.63) is 53.6 Å². The van der Waals surface area contributed by atoms with E-state index in [-0.39, 0.29) is 11.7 Å². The SMILES string of the molecule is CCN(CC)c1ccc(C=NCc2ccc(N3CCCC3=O)cc2)c(O)c1. The highest BCUT2D eigenvalue weighted by Gasteiger charge is 2.21. The fourth-order valence-corrected chi connectivity index (χ4v) is 3.38. The molecule has 1 fully saturated rings. The quantitative estimate of drug-likeness (QED) is 0.755. The van der Waals surface area contributed by atoms with Gasteiger partial charge in [-0.25, -0.2) is 0 Å². The van der Waals surface area contributed by atoms with Gasteiger partial charge in [0.05, 0.1) is 6.54 Å². The summed E-state index contributed by atoms with van der Waals surface area (Å²) in [7, 11) is 0. The Bertz CT molecular complexity index is 811. The third-order valence-corrected chi connectivity index (χ3v) is 4.97. The number of phenols is 1. The van der Waals surface area contributed by atoms with Gasteiger partial charge in [0.15, 0.2) is 0 Å². The van der Waals surface area contributed by atoms with Gasteiger partial charge < -0.3 is 14.9 Å². The minimum atomic E-state index is 0.199. The lowest BCUT2D eigenvalue weighted by Crippen LogP contribution is -2.23. The zero-order valence-corrected chi connectivity index (χ0v) is 16.1. The number of amides is 1. The first-order valence-corrected chi connectivity index (χ1v) is 9.59. The summed E-state index contributed by atoms with van der Waals surface area (Å²) in [6, 6.07) is 13.7. The van der Waals surface area contributed by atoms with Gasteiger partial charge in [-0.05, 0) is 50.1 Å². The Morgan fingerprint density at radius 3 is 2.48 bits per heavy atom. The van der Waals surface area contributed by atoms with Crippen molar-refractivity contribution in [2.24, 2.45) is 4.99 Å². The van der Waals surface area contributed by atoms with Crippen LogP contribution in [0.4, 0.5) is 11.4 Å². The molecule has 0 spiro atoms. The maximum Gasteiger partial charge on any atom is 0.227 e. The molecule has 5 nitrogen and oxygen atoms in total. The fraction of sp³-hybridized carbons (Fsp3) is 0.364. The highest BCUT2D eigenvalue weighted by atomic mass is 16.3. The van der Waals surface area contributed by atoms with E-state index >= 15 is 0 Å². The van der Waals surface area contributed by atoms with Crippen molar-refractivity contribution in [1.82, 2.24) is 0 Å². The molecule has 1 saturated heterocycles. The molecule has 1 N–H and O–H groups in total. The van der Waals surface area contributed by atoms with Crippen molar-refractivity contribution in [3.8, 4) is 5.75 Å². The topological polar surface area (TPSA) is 56.1 Å². The largest absolute Gasteiger partial charge is 0.507 e. The molecule has 0 aromatic heterocycles. The molecule has 0 unspecified atom stereocenters. The van der Waals surface area contributed by atoms with Crippen molar-refractivity contribution in [2.75, 3.05) is 29.4 Å². The number of carbonyl (C=O) groups excluding carboxylic acids is 1. The molecule has 1 aliphatic rings. The summed E-state index contributed by atoms with van der Waals surface area (Å²) >= 11 is 0. The molecule has 0 atom stereocenters. The highest BCUT2D eigenvalue weighted by molar-refractivity contribution is 5.95. The lowest BCUT2D eigenvalue weighted by atomic mass is 10.1. The second-order valence-corrected chi connectivity index (χ2v) is 6.70. The van der Waals surface area contributed by atoms with Gasteiger partial charge in [-0.2, -0.15) is 0 Å². The van der Waals surface area contributed by atoms with Gasteiger partial charge in [0, 0.05) is 55.3 Å². The number of aliphatic imine (C=N–C) groups is 1. The van der Waals surface area contributed by atoms with Crippen LogP contribution in [0.2, 0.25) is 0 Å². The van der Waals surface area contributed by atoms with E-state index in [1.54, 1.807) is 12.3 Å². The second-order valence-electron chi connectivity index (χ2n) is 6.70. The minimum Gasteiger partial charge on any atom is -0.507 e. The average molecular weight is 365 g/mol. The van der Waals surface area contributed by atoms with Crippen molar-refractivity contribution >= 4 is 23.5 Å². The Labute approximate surface area is 161 Å². The van der Waals surface area contributed by atoms with Gasteiger partial charge in [-0.15, -0.1) is 0 Å². The van der Waals surface area contributed by atoms with Crippen molar-refractivity contribution in [2.45, 2.75) is 33.2 Å². The Balaban J connectivity index is 1.62. The number of nitrogens with zero attached hydrogens (tertiary/aromatic N) is 3. The Morgan fingerprint density at radius 1 is 1.15 bits per heavy atom. The lowest BCUT2D eigenvalue weighted by Gasteiger charge is -2.21. The molecule has 1 heterocycles. The molecule has 0 bridgehead atoms. The van der Waals surface area contributed by atoms with E-state index in [4.69, 9.17) is 0 Å². The maximum absolute atomic E-state index is 11.8. The van der Waals surface area contributed by atoms with E-state index < -0.39 is 0 Å². The molecule has 2 aromatic rings. The summed E-state index contributed by atoms with van der Waals surface area (Å²) in [5.41, 5.74) is 3.75. The van der Waals surface area contributed by atoms with Gasteiger partial charge in [0.25, 0.3) is 0 Å². The van der Waals surface area contributed by atoms with E-state index in [1.807, 2.05) is 41.3 Å². The first kappa shape index (κ1) is 19.0. The molecule has 1 aliphatic heterocycles. The van der Waals surface area contributed by atoms with Gasteiger partial charge >= 0.3 is 0 Å². The molecule has 3 rings (SSSR count). The minimum absolute atomic E-state index is 0.199. The average Bonchev–Trinajstić information content (AvgIpc) is 3.11. The smallest absolute Gasteiger partial charge is 0.227 e. The number of aromatic hydroxyl groups is 1. The number of carbonyl (C=O) groups is 1. The summed E-state index contributed by atoms with van der Waals surface area (Å²) in [6.45, 7) is 7.34. The Morgan fingerprint density at radius 2 is 1.89 bits per heavy atom. The van der Waals surface area contributed by atoms with Gasteiger partial charge in [-0.3, -0.25) is 9.79 Å². The summed E-state index contributed by atoms with van der Waals surface area (Å²) in [5.74, 6) is 0.440. The molecule has 5 heteroatoms. The number of hydrogen-bond donors (Lipinski definition) is 1. The van der Waals surface area contributed by atoms with E-state index in [1.165, 1.54) is 0 Å². The third-order valence-electron chi connectivity index (χ3n) is 4.97. The first-order chi connectivity index (χ1) is 13.1. The van der Waals surface area contributed by atoms with E-state index in [9.17, 15) is 9.90 Å². The predicted octanol–water partition coefficient (Wildman–Crippen LogP) is 3.98. The van der Waals surface area contributed by atoms with Crippen molar-refractivity contribution in [1.29, 1.82) is 0 Å². The number of rotatable bonds is 7. The maximum atomic E-state index is 11.8. The normalized spacial score (nSPS) is 14.3. The van der Waals surface area contributed by atoms with Crippen LogP contribution in [-0.4, -0.2) is 36.9 Å².